The van der Waals surface area contributed by atoms with Gasteiger partial charge in [-0.2, -0.15) is 5.01 Å². The average molecular weight is 399 g/mol. The molecule has 0 aliphatic carbocycles. The van der Waals surface area contributed by atoms with E-state index in [1.165, 1.54) is 26.3 Å². The van der Waals surface area contributed by atoms with Crippen molar-refractivity contribution in [2.75, 3.05) is 27.1 Å². The molecule has 0 saturated carbocycles. The second-order valence-electron chi connectivity index (χ2n) is 6.50. The van der Waals surface area contributed by atoms with Gasteiger partial charge in [-0.25, -0.2) is 0 Å². The lowest BCUT2D eigenvalue weighted by atomic mass is 10.1. The van der Waals surface area contributed by atoms with E-state index in [1.54, 1.807) is 25.1 Å². The first-order valence-electron chi connectivity index (χ1n) is 9.17. The summed E-state index contributed by atoms with van der Waals surface area (Å²) in [5.41, 5.74) is 8.87. The Balaban J connectivity index is 2.05. The topological polar surface area (TPSA) is 95.6 Å². The molecule has 3 rings (SSSR count). The van der Waals surface area contributed by atoms with Crippen molar-refractivity contribution in [3.8, 4) is 17.2 Å². The number of benzene rings is 2. The van der Waals surface area contributed by atoms with Crippen LogP contribution in [0.15, 0.2) is 35.4 Å². The number of rotatable bonds is 6. The van der Waals surface area contributed by atoms with Crippen molar-refractivity contribution in [3.63, 3.8) is 0 Å². The summed E-state index contributed by atoms with van der Waals surface area (Å²) in [5.74, 6) is 1.55. The van der Waals surface area contributed by atoms with E-state index in [2.05, 4.69) is 5.10 Å². The summed E-state index contributed by atoms with van der Waals surface area (Å²) < 4.78 is 22.3. The second kappa shape index (κ2) is 8.30. The van der Waals surface area contributed by atoms with Gasteiger partial charge in [-0.05, 0) is 42.8 Å². The number of hydrogen-bond donors (Lipinski definition) is 1. The maximum atomic E-state index is 12.6. The number of nitrogen functional groups attached to an aromatic ring is 1. The van der Waals surface area contributed by atoms with Gasteiger partial charge in [0.25, 0.3) is 0 Å². The van der Waals surface area contributed by atoms with Crippen LogP contribution in [0.1, 0.15) is 36.3 Å². The zero-order chi connectivity index (χ0) is 21.1. The molecule has 8 nitrogen and oxygen atoms in total. The van der Waals surface area contributed by atoms with E-state index in [9.17, 15) is 4.79 Å². The van der Waals surface area contributed by atoms with Crippen molar-refractivity contribution in [3.05, 3.63) is 47.0 Å². The number of aryl methyl sites for hydroxylation is 1. The Bertz CT molecular complexity index is 932. The van der Waals surface area contributed by atoms with Gasteiger partial charge in [0, 0.05) is 23.2 Å². The van der Waals surface area contributed by atoms with E-state index in [0.717, 1.165) is 11.1 Å². The normalized spacial score (nSPS) is 15.6. The Labute approximate surface area is 169 Å². The quantitative estimate of drug-likeness (QED) is 0.750. The molecule has 0 fully saturated rings. The number of hydrazone groups is 1. The molecule has 1 atom stereocenters. The van der Waals surface area contributed by atoms with Gasteiger partial charge in [-0.15, -0.1) is 5.10 Å². The molecule has 0 aromatic heterocycles. The lowest BCUT2D eigenvalue weighted by molar-refractivity contribution is -0.137. The first-order valence-corrected chi connectivity index (χ1v) is 9.17. The van der Waals surface area contributed by atoms with Crippen LogP contribution in [0, 0.1) is 6.92 Å². The lowest BCUT2D eigenvalue weighted by Gasteiger charge is -2.22. The number of hydrogen-bond acceptors (Lipinski definition) is 7. The van der Waals surface area contributed by atoms with Gasteiger partial charge < -0.3 is 24.7 Å². The number of carbonyl (C=O) groups is 1. The predicted molar refractivity (Wildman–Crippen MR) is 109 cm³/mol. The van der Waals surface area contributed by atoms with Crippen LogP contribution in [0.5, 0.6) is 17.2 Å². The Morgan fingerprint density at radius 3 is 2.31 bits per heavy atom. The number of anilines is 1. The first kappa shape index (κ1) is 20.3. The van der Waals surface area contributed by atoms with Gasteiger partial charge in [-0.3, -0.25) is 4.79 Å². The molecule has 1 heterocycles. The molecule has 1 aliphatic heterocycles. The van der Waals surface area contributed by atoms with Crippen LogP contribution in [-0.2, 0) is 9.53 Å². The van der Waals surface area contributed by atoms with E-state index in [0.29, 0.717) is 34.4 Å². The third kappa shape index (κ3) is 3.78. The van der Waals surface area contributed by atoms with Crippen LogP contribution in [0.25, 0.3) is 0 Å². The standard InChI is InChI=1S/C21H25N3O5/c1-6-18(25)24-21(14-10-16(26-3)19(28-5)17(11-14)27-4)29-20(23-24)13-7-8-15(22)12(2)9-13/h7-11,21H,6,22H2,1-5H3. The highest BCUT2D eigenvalue weighted by molar-refractivity contribution is 5.97. The molecule has 2 N–H and O–H groups in total. The zero-order valence-corrected chi connectivity index (χ0v) is 17.2. The number of amides is 1. The fourth-order valence-electron chi connectivity index (χ4n) is 3.07. The molecule has 154 valence electrons. The van der Waals surface area contributed by atoms with Crippen LogP contribution < -0.4 is 19.9 Å². The Hall–Kier alpha value is -3.42. The molecule has 0 bridgehead atoms. The summed E-state index contributed by atoms with van der Waals surface area (Å²) >= 11 is 0. The minimum Gasteiger partial charge on any atom is -0.493 e. The Morgan fingerprint density at radius 2 is 1.79 bits per heavy atom. The van der Waals surface area contributed by atoms with Crippen LogP contribution >= 0.6 is 0 Å². The van der Waals surface area contributed by atoms with Crippen molar-refractivity contribution in [1.29, 1.82) is 0 Å². The maximum Gasteiger partial charge on any atom is 0.246 e. The number of methoxy groups -OCH3 is 3. The molecule has 0 saturated heterocycles. The van der Waals surface area contributed by atoms with Crippen LogP contribution in [0.4, 0.5) is 5.69 Å². The fraction of sp³-hybridized carbons (Fsp3) is 0.333. The predicted octanol–water partition coefficient (Wildman–Crippen LogP) is 3.23. The van der Waals surface area contributed by atoms with Gasteiger partial charge >= 0.3 is 0 Å². The van der Waals surface area contributed by atoms with E-state index in [4.69, 9.17) is 24.7 Å². The molecule has 2 aromatic rings. The molecular formula is C21H25N3O5. The van der Waals surface area contributed by atoms with E-state index in [1.807, 2.05) is 19.1 Å². The largest absolute Gasteiger partial charge is 0.493 e. The van der Waals surface area contributed by atoms with Crippen molar-refractivity contribution >= 4 is 17.5 Å². The van der Waals surface area contributed by atoms with Gasteiger partial charge in [0.1, 0.15) is 0 Å². The smallest absolute Gasteiger partial charge is 0.246 e. The van der Waals surface area contributed by atoms with Crippen LogP contribution in [-0.4, -0.2) is 38.1 Å². The highest BCUT2D eigenvalue weighted by Crippen LogP contribution is 2.42. The molecule has 8 heteroatoms. The van der Waals surface area contributed by atoms with Crippen molar-refractivity contribution in [2.24, 2.45) is 5.10 Å². The zero-order valence-electron chi connectivity index (χ0n) is 17.2. The Kier molecular flexibility index (Phi) is 5.81. The number of ether oxygens (including phenoxy) is 4. The summed E-state index contributed by atoms with van der Waals surface area (Å²) in [6.07, 6.45) is -0.481. The third-order valence-electron chi connectivity index (χ3n) is 4.69. The highest BCUT2D eigenvalue weighted by Gasteiger charge is 2.35. The monoisotopic (exact) mass is 399 g/mol. The summed E-state index contributed by atoms with van der Waals surface area (Å²) in [7, 11) is 4.60. The van der Waals surface area contributed by atoms with Gasteiger partial charge in [0.2, 0.25) is 23.8 Å². The Morgan fingerprint density at radius 1 is 1.14 bits per heavy atom. The molecule has 0 spiro atoms. The van der Waals surface area contributed by atoms with E-state index < -0.39 is 6.23 Å². The summed E-state index contributed by atoms with van der Waals surface area (Å²) in [5, 5.41) is 5.77. The first-order chi connectivity index (χ1) is 13.9. The molecule has 29 heavy (non-hydrogen) atoms. The van der Waals surface area contributed by atoms with Crippen LogP contribution in [0.2, 0.25) is 0 Å². The van der Waals surface area contributed by atoms with Gasteiger partial charge in [0.15, 0.2) is 11.5 Å². The maximum absolute atomic E-state index is 12.6. The molecule has 2 aromatic carbocycles. The van der Waals surface area contributed by atoms with E-state index >= 15 is 0 Å². The van der Waals surface area contributed by atoms with Crippen LogP contribution in [0.3, 0.4) is 0 Å². The average Bonchev–Trinajstić information content (AvgIpc) is 3.19. The third-order valence-corrected chi connectivity index (χ3v) is 4.69. The highest BCUT2D eigenvalue weighted by atomic mass is 16.5. The summed E-state index contributed by atoms with van der Waals surface area (Å²) in [4.78, 5) is 12.6. The molecule has 1 aliphatic rings. The lowest BCUT2D eigenvalue weighted by Crippen LogP contribution is -2.27. The van der Waals surface area contributed by atoms with Crippen molar-refractivity contribution in [2.45, 2.75) is 26.5 Å². The van der Waals surface area contributed by atoms with Crippen molar-refractivity contribution < 1.29 is 23.7 Å². The minimum absolute atomic E-state index is 0.175. The summed E-state index contributed by atoms with van der Waals surface area (Å²) in [6, 6.07) is 8.96. The second-order valence-corrected chi connectivity index (χ2v) is 6.50. The molecule has 1 unspecified atom stereocenters. The number of carbonyl (C=O) groups excluding carboxylic acids is 1. The number of nitrogens with zero attached hydrogens (tertiary/aromatic N) is 2. The summed E-state index contributed by atoms with van der Waals surface area (Å²) in [6.45, 7) is 3.68. The number of nitrogens with two attached hydrogens (primary N) is 1. The van der Waals surface area contributed by atoms with Gasteiger partial charge in [0.05, 0.1) is 21.3 Å². The van der Waals surface area contributed by atoms with Crippen molar-refractivity contribution in [1.82, 2.24) is 5.01 Å². The van der Waals surface area contributed by atoms with Gasteiger partial charge in [-0.1, -0.05) is 6.92 Å². The minimum atomic E-state index is -0.760. The SMILES string of the molecule is CCC(=O)N1N=C(c2ccc(N)c(C)c2)OC1c1cc(OC)c(OC)c(OC)c1. The van der Waals surface area contributed by atoms with E-state index in [-0.39, 0.29) is 12.3 Å². The molecule has 0 radical (unpaired) electrons. The fourth-order valence-corrected chi connectivity index (χ4v) is 3.07. The molecule has 1 amide bonds. The molecular weight excluding hydrogens is 374 g/mol.